The number of fused-ring (bicyclic) bond motifs is 1. The molecule has 90 valence electrons. The van der Waals surface area contributed by atoms with Crippen molar-refractivity contribution in [2.75, 3.05) is 6.54 Å². The summed E-state index contributed by atoms with van der Waals surface area (Å²) in [7, 11) is 0. The molecule has 0 radical (unpaired) electrons. The van der Waals surface area contributed by atoms with Gasteiger partial charge < -0.3 is 4.90 Å². The van der Waals surface area contributed by atoms with E-state index in [0.29, 0.717) is 6.04 Å². The number of nitrogens with zero attached hydrogens (tertiary/aromatic N) is 1. The molecule has 0 bridgehead atoms. The molecule has 0 aromatic heterocycles. The van der Waals surface area contributed by atoms with Gasteiger partial charge in [-0.3, -0.25) is 4.79 Å². The quantitative estimate of drug-likeness (QED) is 0.623. The Hall–Kier alpha value is -0.790. The number of likely N-dealkylation sites (tertiary alicyclic amines) is 1. The van der Waals surface area contributed by atoms with Gasteiger partial charge in [0.05, 0.1) is 0 Å². The summed E-state index contributed by atoms with van der Waals surface area (Å²) < 4.78 is 0. The Balaban J connectivity index is 2.11. The molecule has 2 heteroatoms. The fourth-order valence-corrected chi connectivity index (χ4v) is 3.43. The lowest BCUT2D eigenvalue weighted by Gasteiger charge is -2.47. The van der Waals surface area contributed by atoms with Crippen LogP contribution in [0, 0.1) is 11.8 Å². The molecule has 2 fully saturated rings. The predicted molar refractivity (Wildman–Crippen MR) is 66.1 cm³/mol. The van der Waals surface area contributed by atoms with Gasteiger partial charge in [-0.2, -0.15) is 0 Å². The number of allylic oxidation sites excluding steroid dienone is 1. The van der Waals surface area contributed by atoms with Gasteiger partial charge in [0.25, 0.3) is 0 Å². The Morgan fingerprint density at radius 1 is 1.25 bits per heavy atom. The molecule has 16 heavy (non-hydrogen) atoms. The number of rotatable bonds is 1. The first-order valence-electron chi connectivity index (χ1n) is 6.67. The van der Waals surface area contributed by atoms with Gasteiger partial charge in [-0.25, -0.2) is 0 Å². The van der Waals surface area contributed by atoms with Crippen LogP contribution >= 0.6 is 0 Å². The van der Waals surface area contributed by atoms with E-state index in [1.165, 1.54) is 32.1 Å². The number of piperidine rings is 1. The molecule has 0 aromatic rings. The van der Waals surface area contributed by atoms with E-state index >= 15 is 0 Å². The predicted octanol–water partition coefficient (Wildman–Crippen LogP) is 2.99. The SMILES string of the molecule is CC=CC(=O)N1CCC(C)C2CCCCC21. The second-order valence-corrected chi connectivity index (χ2v) is 5.31. The molecular formula is C14H23NO. The van der Waals surface area contributed by atoms with E-state index in [-0.39, 0.29) is 5.91 Å². The van der Waals surface area contributed by atoms with Crippen molar-refractivity contribution in [2.45, 2.75) is 52.0 Å². The van der Waals surface area contributed by atoms with Crippen LogP contribution in [0.2, 0.25) is 0 Å². The third-order valence-corrected chi connectivity index (χ3v) is 4.33. The van der Waals surface area contributed by atoms with Crippen molar-refractivity contribution in [2.24, 2.45) is 11.8 Å². The number of hydrogen-bond acceptors (Lipinski definition) is 1. The van der Waals surface area contributed by atoms with Crippen LogP contribution < -0.4 is 0 Å². The van der Waals surface area contributed by atoms with Crippen molar-refractivity contribution in [1.82, 2.24) is 4.90 Å². The van der Waals surface area contributed by atoms with Crippen LogP contribution in [0.3, 0.4) is 0 Å². The molecule has 1 aliphatic carbocycles. The van der Waals surface area contributed by atoms with Crippen molar-refractivity contribution in [3.8, 4) is 0 Å². The Kier molecular flexibility index (Phi) is 3.67. The summed E-state index contributed by atoms with van der Waals surface area (Å²) in [5, 5.41) is 0. The summed E-state index contributed by atoms with van der Waals surface area (Å²) in [6, 6.07) is 0.529. The van der Waals surface area contributed by atoms with Crippen LogP contribution in [-0.2, 0) is 4.79 Å². The van der Waals surface area contributed by atoms with Gasteiger partial charge in [0.2, 0.25) is 5.91 Å². The van der Waals surface area contributed by atoms with Gasteiger partial charge in [-0.1, -0.05) is 25.8 Å². The number of amides is 1. The molecule has 2 aliphatic rings. The van der Waals surface area contributed by atoms with E-state index < -0.39 is 0 Å². The average Bonchev–Trinajstić information content (AvgIpc) is 2.30. The Morgan fingerprint density at radius 3 is 2.75 bits per heavy atom. The third kappa shape index (κ3) is 2.16. The maximum Gasteiger partial charge on any atom is 0.246 e. The van der Waals surface area contributed by atoms with Crippen LogP contribution in [0.1, 0.15) is 46.0 Å². The molecule has 1 saturated heterocycles. The van der Waals surface area contributed by atoms with Gasteiger partial charge in [0.15, 0.2) is 0 Å². The van der Waals surface area contributed by atoms with Gasteiger partial charge in [0.1, 0.15) is 0 Å². The minimum Gasteiger partial charge on any atom is -0.336 e. The topological polar surface area (TPSA) is 20.3 Å². The molecule has 1 amide bonds. The number of hydrogen-bond donors (Lipinski definition) is 0. The van der Waals surface area contributed by atoms with Crippen molar-refractivity contribution in [3.63, 3.8) is 0 Å². The summed E-state index contributed by atoms with van der Waals surface area (Å²) in [5.74, 6) is 1.79. The van der Waals surface area contributed by atoms with Gasteiger partial charge in [-0.05, 0) is 44.1 Å². The van der Waals surface area contributed by atoms with Crippen LogP contribution in [0.15, 0.2) is 12.2 Å². The smallest absolute Gasteiger partial charge is 0.246 e. The van der Waals surface area contributed by atoms with Gasteiger partial charge in [0, 0.05) is 12.6 Å². The first kappa shape index (κ1) is 11.7. The molecule has 3 atom stereocenters. The molecule has 0 spiro atoms. The number of carbonyl (C=O) groups excluding carboxylic acids is 1. The first-order valence-corrected chi connectivity index (χ1v) is 6.67. The highest BCUT2D eigenvalue weighted by atomic mass is 16.2. The molecule has 2 rings (SSSR count). The molecule has 1 heterocycles. The molecule has 1 aliphatic heterocycles. The van der Waals surface area contributed by atoms with Crippen molar-refractivity contribution in [3.05, 3.63) is 12.2 Å². The lowest BCUT2D eigenvalue weighted by molar-refractivity contribution is -0.133. The minimum atomic E-state index is 0.228. The molecule has 2 nitrogen and oxygen atoms in total. The van der Waals surface area contributed by atoms with Crippen LogP contribution in [0.25, 0.3) is 0 Å². The second kappa shape index (κ2) is 5.03. The maximum absolute atomic E-state index is 12.0. The van der Waals surface area contributed by atoms with Crippen LogP contribution in [-0.4, -0.2) is 23.4 Å². The highest BCUT2D eigenvalue weighted by Crippen LogP contribution is 2.38. The summed E-state index contributed by atoms with van der Waals surface area (Å²) in [5.41, 5.74) is 0. The van der Waals surface area contributed by atoms with E-state index in [2.05, 4.69) is 11.8 Å². The molecule has 1 saturated carbocycles. The molecular weight excluding hydrogens is 198 g/mol. The summed E-state index contributed by atoms with van der Waals surface area (Å²) >= 11 is 0. The normalized spacial score (nSPS) is 35.1. The van der Waals surface area contributed by atoms with Gasteiger partial charge in [-0.15, -0.1) is 0 Å². The number of carbonyl (C=O) groups is 1. The summed E-state index contributed by atoms with van der Waals surface area (Å²) in [6.45, 7) is 5.24. The summed E-state index contributed by atoms with van der Waals surface area (Å²) in [6.07, 6.45) is 9.97. The monoisotopic (exact) mass is 221 g/mol. The highest BCUT2D eigenvalue weighted by Gasteiger charge is 2.38. The van der Waals surface area contributed by atoms with Crippen molar-refractivity contribution < 1.29 is 4.79 Å². The van der Waals surface area contributed by atoms with E-state index in [0.717, 1.165) is 18.4 Å². The Labute approximate surface area is 98.7 Å². The molecule has 0 N–H and O–H groups in total. The highest BCUT2D eigenvalue weighted by molar-refractivity contribution is 5.87. The first-order chi connectivity index (χ1) is 7.74. The van der Waals surface area contributed by atoms with Crippen LogP contribution in [0.5, 0.6) is 0 Å². The third-order valence-electron chi connectivity index (χ3n) is 4.33. The Morgan fingerprint density at radius 2 is 2.00 bits per heavy atom. The summed E-state index contributed by atoms with van der Waals surface area (Å²) in [4.78, 5) is 14.1. The molecule has 0 aromatic carbocycles. The van der Waals surface area contributed by atoms with Crippen LogP contribution in [0.4, 0.5) is 0 Å². The van der Waals surface area contributed by atoms with E-state index in [4.69, 9.17) is 0 Å². The lowest BCUT2D eigenvalue weighted by Crippen LogP contribution is -2.51. The van der Waals surface area contributed by atoms with Crippen molar-refractivity contribution in [1.29, 1.82) is 0 Å². The zero-order chi connectivity index (χ0) is 11.5. The zero-order valence-electron chi connectivity index (χ0n) is 10.5. The van der Waals surface area contributed by atoms with Crippen molar-refractivity contribution >= 4 is 5.91 Å². The standard InChI is InChI=1S/C14H23NO/c1-3-6-14(16)15-10-9-11(2)12-7-4-5-8-13(12)15/h3,6,11-13H,4-5,7-10H2,1-2H3. The Bertz CT molecular complexity index is 284. The zero-order valence-corrected chi connectivity index (χ0v) is 10.5. The fraction of sp³-hybridized carbons (Fsp3) is 0.786. The fourth-order valence-electron chi connectivity index (χ4n) is 3.43. The van der Waals surface area contributed by atoms with E-state index in [1.807, 2.05) is 13.0 Å². The second-order valence-electron chi connectivity index (χ2n) is 5.31. The molecule has 3 unspecified atom stereocenters. The minimum absolute atomic E-state index is 0.228. The van der Waals surface area contributed by atoms with E-state index in [1.54, 1.807) is 6.08 Å². The lowest BCUT2D eigenvalue weighted by atomic mass is 9.72. The van der Waals surface area contributed by atoms with E-state index in [9.17, 15) is 4.79 Å². The maximum atomic E-state index is 12.0. The largest absolute Gasteiger partial charge is 0.336 e. The van der Waals surface area contributed by atoms with Gasteiger partial charge >= 0.3 is 0 Å². The average molecular weight is 221 g/mol.